The molecule has 2 aliphatic carbocycles. The molecule has 0 heterocycles. The van der Waals surface area contributed by atoms with E-state index in [1.165, 1.54) is 0 Å². The quantitative estimate of drug-likeness (QED) is 0.455. The summed E-state index contributed by atoms with van der Waals surface area (Å²) in [4.78, 5) is 10.7. The summed E-state index contributed by atoms with van der Waals surface area (Å²) in [5, 5.41) is 16.8. The Kier molecular flexibility index (Phi) is 8.05. The van der Waals surface area contributed by atoms with E-state index in [9.17, 15) is 4.79 Å². The number of carbonyl (C=O) groups is 1. The van der Waals surface area contributed by atoms with Crippen LogP contribution in [0, 0.1) is 17.2 Å². The van der Waals surface area contributed by atoms with Crippen molar-refractivity contribution in [2.24, 2.45) is 11.8 Å². The van der Waals surface area contributed by atoms with E-state index in [1.807, 2.05) is 36.4 Å². The lowest BCUT2D eigenvalue weighted by Gasteiger charge is -2.29. The topological polar surface area (TPSA) is 79.6 Å². The summed E-state index contributed by atoms with van der Waals surface area (Å²) in [5.74, 6) is 0.613. The zero-order valence-corrected chi connectivity index (χ0v) is 16.9. The van der Waals surface area contributed by atoms with Crippen LogP contribution in [-0.2, 0) is 14.3 Å². The Labute approximate surface area is 172 Å². The second kappa shape index (κ2) is 11.0. The van der Waals surface area contributed by atoms with Gasteiger partial charge in [0.15, 0.2) is 0 Å². The summed E-state index contributed by atoms with van der Waals surface area (Å²) in [6, 6.07) is 9.60. The van der Waals surface area contributed by atoms with Gasteiger partial charge in [0.2, 0.25) is 5.90 Å². The first-order valence-corrected chi connectivity index (χ1v) is 10.6. The van der Waals surface area contributed by atoms with Crippen LogP contribution in [-0.4, -0.2) is 36.3 Å². The summed E-state index contributed by atoms with van der Waals surface area (Å²) in [7, 11) is 0. The molecule has 2 aliphatic rings. The predicted molar refractivity (Wildman–Crippen MR) is 113 cm³/mol. The summed E-state index contributed by atoms with van der Waals surface area (Å²) < 4.78 is 11.8. The van der Waals surface area contributed by atoms with Gasteiger partial charge in [-0.2, -0.15) is 0 Å². The van der Waals surface area contributed by atoms with Crippen LogP contribution in [0.2, 0.25) is 0 Å². The normalized spacial score (nSPS) is 24.0. The molecule has 1 aromatic carbocycles. The predicted octanol–water partition coefficient (Wildman–Crippen LogP) is 4.97. The van der Waals surface area contributed by atoms with Gasteiger partial charge >= 0.3 is 5.97 Å². The molecule has 0 spiro atoms. The standard InChI is InChI=1S/C24H31NO4/c25-24(21-4-2-1-3-5-21)29-17-20-8-6-19(7-9-20)16-28-22-13-10-18(11-14-22)12-15-23(26)27/h1-5,10-11,13,19-20,22,25H,6-9,12,14-17H2,(H,26,27). The van der Waals surface area contributed by atoms with Gasteiger partial charge in [-0.05, 0) is 62.5 Å². The average Bonchev–Trinajstić information content (AvgIpc) is 2.76. The molecule has 5 heteroatoms. The molecule has 0 saturated heterocycles. The van der Waals surface area contributed by atoms with Crippen molar-refractivity contribution < 1.29 is 19.4 Å². The summed E-state index contributed by atoms with van der Waals surface area (Å²) in [6.45, 7) is 1.40. The maximum Gasteiger partial charge on any atom is 0.303 e. The van der Waals surface area contributed by atoms with E-state index in [1.54, 1.807) is 0 Å². The fraction of sp³-hybridized carbons (Fsp3) is 0.500. The molecule has 1 atom stereocenters. The zero-order chi connectivity index (χ0) is 20.5. The van der Waals surface area contributed by atoms with E-state index in [0.29, 0.717) is 24.9 Å². The number of carboxylic acids is 1. The zero-order valence-electron chi connectivity index (χ0n) is 16.9. The van der Waals surface area contributed by atoms with Gasteiger partial charge in [-0.3, -0.25) is 10.2 Å². The van der Waals surface area contributed by atoms with Gasteiger partial charge in [0, 0.05) is 12.0 Å². The fourth-order valence-electron chi connectivity index (χ4n) is 3.90. The minimum Gasteiger partial charge on any atom is -0.481 e. The van der Waals surface area contributed by atoms with Gasteiger partial charge in [-0.25, -0.2) is 0 Å². The molecule has 29 heavy (non-hydrogen) atoms. The van der Waals surface area contributed by atoms with Gasteiger partial charge < -0.3 is 14.6 Å². The lowest BCUT2D eigenvalue weighted by Crippen LogP contribution is -2.24. The number of rotatable bonds is 9. The summed E-state index contributed by atoms with van der Waals surface area (Å²) in [6.07, 6.45) is 12.4. The lowest BCUT2D eigenvalue weighted by atomic mass is 9.83. The molecule has 1 unspecified atom stereocenters. The van der Waals surface area contributed by atoms with Gasteiger partial charge in [0.05, 0.1) is 19.3 Å². The SMILES string of the molecule is N=C(OCC1CCC(COC2C=CC(CCC(=O)O)=CC2)CC1)c1ccccc1. The van der Waals surface area contributed by atoms with Gasteiger partial charge in [-0.15, -0.1) is 0 Å². The third-order valence-electron chi connectivity index (χ3n) is 5.78. The molecule has 0 aromatic heterocycles. The molecule has 156 valence electrons. The van der Waals surface area contributed by atoms with Crippen LogP contribution in [0.25, 0.3) is 0 Å². The Bertz CT molecular complexity index is 733. The molecular formula is C24H31NO4. The largest absolute Gasteiger partial charge is 0.481 e. The molecule has 2 N–H and O–H groups in total. The number of ether oxygens (including phenoxy) is 2. The third-order valence-corrected chi connectivity index (χ3v) is 5.78. The minimum atomic E-state index is -0.754. The Morgan fingerprint density at radius 3 is 2.38 bits per heavy atom. The van der Waals surface area contributed by atoms with E-state index in [0.717, 1.165) is 49.8 Å². The third kappa shape index (κ3) is 7.17. The molecule has 0 bridgehead atoms. The maximum atomic E-state index is 10.7. The van der Waals surface area contributed by atoms with Crippen LogP contribution in [0.1, 0.15) is 50.5 Å². The van der Waals surface area contributed by atoms with E-state index >= 15 is 0 Å². The number of allylic oxidation sites excluding steroid dienone is 2. The van der Waals surface area contributed by atoms with Gasteiger partial charge in [0.25, 0.3) is 0 Å². The Hall–Kier alpha value is -2.40. The highest BCUT2D eigenvalue weighted by atomic mass is 16.5. The highest BCUT2D eigenvalue weighted by Crippen LogP contribution is 2.30. The molecule has 0 radical (unpaired) electrons. The minimum absolute atomic E-state index is 0.107. The van der Waals surface area contributed by atoms with Crippen molar-refractivity contribution in [3.8, 4) is 0 Å². The Morgan fingerprint density at radius 1 is 1.07 bits per heavy atom. The number of hydrogen-bond donors (Lipinski definition) is 2. The lowest BCUT2D eigenvalue weighted by molar-refractivity contribution is -0.136. The molecule has 1 fully saturated rings. The number of nitrogens with one attached hydrogen (secondary N) is 1. The van der Waals surface area contributed by atoms with Crippen LogP contribution >= 0.6 is 0 Å². The van der Waals surface area contributed by atoms with Crippen molar-refractivity contribution in [2.45, 2.75) is 51.0 Å². The van der Waals surface area contributed by atoms with Crippen LogP contribution < -0.4 is 0 Å². The van der Waals surface area contributed by atoms with Crippen LogP contribution in [0.3, 0.4) is 0 Å². The molecule has 5 nitrogen and oxygen atoms in total. The van der Waals surface area contributed by atoms with Crippen molar-refractivity contribution >= 4 is 11.9 Å². The number of aliphatic carboxylic acids is 1. The highest BCUT2D eigenvalue weighted by molar-refractivity contribution is 5.91. The second-order valence-corrected chi connectivity index (χ2v) is 8.03. The average molecular weight is 398 g/mol. The van der Waals surface area contributed by atoms with Crippen LogP contribution in [0.15, 0.2) is 54.1 Å². The van der Waals surface area contributed by atoms with Crippen molar-refractivity contribution in [1.82, 2.24) is 0 Å². The van der Waals surface area contributed by atoms with Crippen molar-refractivity contribution in [1.29, 1.82) is 5.41 Å². The Morgan fingerprint density at radius 2 is 1.76 bits per heavy atom. The van der Waals surface area contributed by atoms with Gasteiger partial charge in [-0.1, -0.05) is 42.0 Å². The van der Waals surface area contributed by atoms with Crippen molar-refractivity contribution in [3.63, 3.8) is 0 Å². The van der Waals surface area contributed by atoms with E-state index < -0.39 is 5.97 Å². The first-order valence-electron chi connectivity index (χ1n) is 10.6. The van der Waals surface area contributed by atoms with Gasteiger partial charge in [0.1, 0.15) is 0 Å². The number of hydrogen-bond acceptors (Lipinski definition) is 4. The van der Waals surface area contributed by atoms with E-state index in [-0.39, 0.29) is 18.4 Å². The second-order valence-electron chi connectivity index (χ2n) is 8.03. The highest BCUT2D eigenvalue weighted by Gasteiger charge is 2.23. The van der Waals surface area contributed by atoms with Crippen LogP contribution in [0.4, 0.5) is 0 Å². The fourth-order valence-corrected chi connectivity index (χ4v) is 3.90. The van der Waals surface area contributed by atoms with Crippen molar-refractivity contribution in [3.05, 3.63) is 59.7 Å². The first kappa shape index (κ1) is 21.3. The first-order chi connectivity index (χ1) is 14.1. The van der Waals surface area contributed by atoms with E-state index in [2.05, 4.69) is 12.2 Å². The summed E-state index contributed by atoms with van der Waals surface area (Å²) >= 11 is 0. The molecular weight excluding hydrogens is 366 g/mol. The number of carboxylic acid groups (broad SMARTS) is 1. The summed E-state index contributed by atoms with van der Waals surface area (Å²) in [5.41, 5.74) is 1.92. The molecule has 3 rings (SSSR count). The van der Waals surface area contributed by atoms with E-state index in [4.69, 9.17) is 20.0 Å². The van der Waals surface area contributed by atoms with Crippen molar-refractivity contribution in [2.75, 3.05) is 13.2 Å². The molecule has 0 aliphatic heterocycles. The Balaban J connectivity index is 1.29. The van der Waals surface area contributed by atoms with Crippen LogP contribution in [0.5, 0.6) is 0 Å². The molecule has 0 amide bonds. The maximum absolute atomic E-state index is 10.7. The molecule has 1 saturated carbocycles. The smallest absolute Gasteiger partial charge is 0.303 e. The molecule has 1 aromatic rings. The number of benzene rings is 1. The monoisotopic (exact) mass is 397 g/mol.